The molecule has 0 saturated heterocycles. The summed E-state index contributed by atoms with van der Waals surface area (Å²) in [5.41, 5.74) is 1.18. The molecule has 2 unspecified atom stereocenters. The number of nitrogens with one attached hydrogen (secondary N) is 1. The Balaban J connectivity index is 1.67. The van der Waals surface area contributed by atoms with Crippen molar-refractivity contribution in [2.75, 3.05) is 6.61 Å². The van der Waals surface area contributed by atoms with Gasteiger partial charge in [-0.05, 0) is 30.9 Å². The standard InChI is InChI=1S/C15H21NO2/c1-2-11(7-10-3-4-10)16-14-9-18-15-8-12(17)5-6-13(14)15/h5-6,8,10-11,14,16-17H,2-4,7,9H2,1H3. The van der Waals surface area contributed by atoms with Crippen LogP contribution in [0.5, 0.6) is 11.5 Å². The highest BCUT2D eigenvalue weighted by molar-refractivity contribution is 5.44. The Labute approximate surface area is 108 Å². The van der Waals surface area contributed by atoms with Crippen molar-refractivity contribution in [3.8, 4) is 11.5 Å². The lowest BCUT2D eigenvalue weighted by Crippen LogP contribution is -2.33. The fourth-order valence-electron chi connectivity index (χ4n) is 2.73. The van der Waals surface area contributed by atoms with Crippen LogP contribution < -0.4 is 10.1 Å². The Hall–Kier alpha value is -1.22. The van der Waals surface area contributed by atoms with E-state index in [2.05, 4.69) is 12.2 Å². The molecule has 0 spiro atoms. The topological polar surface area (TPSA) is 41.5 Å². The summed E-state index contributed by atoms with van der Waals surface area (Å²) in [7, 11) is 0. The van der Waals surface area contributed by atoms with Crippen molar-refractivity contribution in [2.24, 2.45) is 5.92 Å². The number of phenols is 1. The van der Waals surface area contributed by atoms with Crippen molar-refractivity contribution in [3.05, 3.63) is 23.8 Å². The number of phenolic OH excluding ortho intramolecular Hbond substituents is 1. The highest BCUT2D eigenvalue weighted by Crippen LogP contribution is 2.37. The van der Waals surface area contributed by atoms with E-state index in [4.69, 9.17) is 4.74 Å². The third kappa shape index (κ3) is 2.46. The molecule has 0 radical (unpaired) electrons. The third-order valence-electron chi connectivity index (χ3n) is 4.02. The number of hydrogen-bond donors (Lipinski definition) is 2. The van der Waals surface area contributed by atoms with Crippen LogP contribution in [0.1, 0.15) is 44.2 Å². The van der Waals surface area contributed by atoms with Gasteiger partial charge in [0.25, 0.3) is 0 Å². The average molecular weight is 247 g/mol. The van der Waals surface area contributed by atoms with Gasteiger partial charge in [-0.2, -0.15) is 0 Å². The van der Waals surface area contributed by atoms with E-state index in [0.29, 0.717) is 12.6 Å². The molecule has 98 valence electrons. The maximum atomic E-state index is 9.44. The first kappa shape index (κ1) is 11.8. The number of aromatic hydroxyl groups is 1. The molecule has 0 aromatic heterocycles. The molecule has 1 aliphatic carbocycles. The molecule has 0 amide bonds. The minimum atomic E-state index is 0.277. The summed E-state index contributed by atoms with van der Waals surface area (Å²) in [4.78, 5) is 0. The van der Waals surface area contributed by atoms with Crippen LogP contribution in [0.25, 0.3) is 0 Å². The van der Waals surface area contributed by atoms with Gasteiger partial charge in [-0.25, -0.2) is 0 Å². The van der Waals surface area contributed by atoms with Gasteiger partial charge in [-0.3, -0.25) is 0 Å². The molecule has 2 N–H and O–H groups in total. The largest absolute Gasteiger partial charge is 0.508 e. The summed E-state index contributed by atoms with van der Waals surface area (Å²) >= 11 is 0. The second-order valence-electron chi connectivity index (χ2n) is 5.54. The Bertz CT molecular complexity index is 429. The molecule has 1 aromatic carbocycles. The zero-order chi connectivity index (χ0) is 12.5. The summed E-state index contributed by atoms with van der Waals surface area (Å²) in [6, 6.07) is 6.29. The maximum absolute atomic E-state index is 9.44. The molecule has 2 aliphatic rings. The molecule has 1 saturated carbocycles. The fraction of sp³-hybridized carbons (Fsp3) is 0.600. The van der Waals surface area contributed by atoms with Crippen molar-refractivity contribution in [2.45, 2.75) is 44.7 Å². The number of benzene rings is 1. The van der Waals surface area contributed by atoms with Gasteiger partial charge >= 0.3 is 0 Å². The average Bonchev–Trinajstić information content (AvgIpc) is 3.10. The van der Waals surface area contributed by atoms with Crippen molar-refractivity contribution < 1.29 is 9.84 Å². The minimum absolute atomic E-state index is 0.277. The Morgan fingerprint density at radius 1 is 1.44 bits per heavy atom. The lowest BCUT2D eigenvalue weighted by atomic mass is 10.0. The van der Waals surface area contributed by atoms with Crippen LogP contribution in [-0.4, -0.2) is 17.8 Å². The van der Waals surface area contributed by atoms with Crippen LogP contribution in [0.4, 0.5) is 0 Å². The second kappa shape index (κ2) is 4.81. The van der Waals surface area contributed by atoms with Crippen LogP contribution in [0, 0.1) is 5.92 Å². The fourth-order valence-corrected chi connectivity index (χ4v) is 2.73. The number of hydrogen-bond acceptors (Lipinski definition) is 3. The molecule has 1 fully saturated rings. The molecule has 3 heteroatoms. The molecule has 1 aliphatic heterocycles. The van der Waals surface area contributed by atoms with E-state index >= 15 is 0 Å². The zero-order valence-electron chi connectivity index (χ0n) is 10.9. The van der Waals surface area contributed by atoms with E-state index in [9.17, 15) is 5.11 Å². The number of ether oxygens (including phenoxy) is 1. The molecule has 18 heavy (non-hydrogen) atoms. The molecule has 3 rings (SSSR count). The molecular weight excluding hydrogens is 226 g/mol. The van der Waals surface area contributed by atoms with Crippen molar-refractivity contribution >= 4 is 0 Å². The van der Waals surface area contributed by atoms with Crippen LogP contribution in [0.3, 0.4) is 0 Å². The van der Waals surface area contributed by atoms with Gasteiger partial charge in [0.05, 0.1) is 6.04 Å². The van der Waals surface area contributed by atoms with Crippen LogP contribution in [-0.2, 0) is 0 Å². The highest BCUT2D eigenvalue weighted by atomic mass is 16.5. The normalized spacial score (nSPS) is 23.5. The zero-order valence-corrected chi connectivity index (χ0v) is 10.9. The van der Waals surface area contributed by atoms with Crippen LogP contribution in [0.15, 0.2) is 18.2 Å². The van der Waals surface area contributed by atoms with E-state index in [1.807, 2.05) is 6.07 Å². The summed E-state index contributed by atoms with van der Waals surface area (Å²) in [6.07, 6.45) is 5.27. The van der Waals surface area contributed by atoms with Crippen LogP contribution >= 0.6 is 0 Å². The Morgan fingerprint density at radius 3 is 3.00 bits per heavy atom. The van der Waals surface area contributed by atoms with Crippen molar-refractivity contribution in [1.29, 1.82) is 0 Å². The predicted molar refractivity (Wildman–Crippen MR) is 70.9 cm³/mol. The predicted octanol–water partition coefficient (Wildman–Crippen LogP) is 2.99. The smallest absolute Gasteiger partial charge is 0.127 e. The minimum Gasteiger partial charge on any atom is -0.508 e. The van der Waals surface area contributed by atoms with E-state index in [1.54, 1.807) is 12.1 Å². The number of fused-ring (bicyclic) bond motifs is 1. The third-order valence-corrected chi connectivity index (χ3v) is 4.02. The highest BCUT2D eigenvalue weighted by Gasteiger charge is 2.29. The molecular formula is C15H21NO2. The van der Waals surface area contributed by atoms with Gasteiger partial charge in [0.1, 0.15) is 18.1 Å². The Morgan fingerprint density at radius 2 is 2.28 bits per heavy atom. The molecule has 0 bridgehead atoms. The first-order valence-corrected chi connectivity index (χ1v) is 6.98. The van der Waals surface area contributed by atoms with Gasteiger partial charge in [0.2, 0.25) is 0 Å². The van der Waals surface area contributed by atoms with Crippen molar-refractivity contribution in [3.63, 3.8) is 0 Å². The summed E-state index contributed by atoms with van der Waals surface area (Å²) in [5.74, 6) is 2.05. The second-order valence-corrected chi connectivity index (χ2v) is 5.54. The van der Waals surface area contributed by atoms with Gasteiger partial charge < -0.3 is 15.2 Å². The monoisotopic (exact) mass is 247 g/mol. The van der Waals surface area contributed by atoms with Crippen molar-refractivity contribution in [1.82, 2.24) is 5.32 Å². The van der Waals surface area contributed by atoms with Gasteiger partial charge in [0.15, 0.2) is 0 Å². The molecule has 1 aromatic rings. The maximum Gasteiger partial charge on any atom is 0.127 e. The van der Waals surface area contributed by atoms with E-state index in [1.165, 1.54) is 31.2 Å². The first-order valence-electron chi connectivity index (χ1n) is 6.98. The Kier molecular flexibility index (Phi) is 3.16. The first-order chi connectivity index (χ1) is 8.76. The molecule has 1 heterocycles. The lowest BCUT2D eigenvalue weighted by molar-refractivity contribution is 0.287. The van der Waals surface area contributed by atoms with E-state index in [0.717, 1.165) is 11.7 Å². The summed E-state index contributed by atoms with van der Waals surface area (Å²) < 4.78 is 5.64. The molecule has 3 nitrogen and oxygen atoms in total. The lowest BCUT2D eigenvalue weighted by Gasteiger charge is -2.21. The van der Waals surface area contributed by atoms with Gasteiger partial charge in [-0.1, -0.05) is 19.8 Å². The van der Waals surface area contributed by atoms with E-state index in [-0.39, 0.29) is 11.8 Å². The summed E-state index contributed by atoms with van der Waals surface area (Å²) in [6.45, 7) is 2.92. The van der Waals surface area contributed by atoms with Gasteiger partial charge in [-0.15, -0.1) is 0 Å². The molecule has 2 atom stereocenters. The SMILES string of the molecule is CCC(CC1CC1)NC1COc2cc(O)ccc21. The van der Waals surface area contributed by atoms with Crippen LogP contribution in [0.2, 0.25) is 0 Å². The van der Waals surface area contributed by atoms with E-state index < -0.39 is 0 Å². The quantitative estimate of drug-likeness (QED) is 0.840. The van der Waals surface area contributed by atoms with Gasteiger partial charge in [0, 0.05) is 17.7 Å². The summed E-state index contributed by atoms with van der Waals surface area (Å²) in [5, 5.41) is 13.1. The number of rotatable bonds is 5.